The van der Waals surface area contributed by atoms with Crippen molar-refractivity contribution in [2.45, 2.75) is 70.4 Å². The molecule has 2 heterocycles. The van der Waals surface area contributed by atoms with Gasteiger partial charge in [-0.1, -0.05) is 6.42 Å². The van der Waals surface area contributed by atoms with E-state index in [0.29, 0.717) is 13.1 Å². The molecule has 31 heavy (non-hydrogen) atoms. The standard InChI is InChI=1S/C21H31N5O4S/c1-15(18-14-25(21(3,4)5)23-16(18)2)22-19-10-9-17(13-20(19)26(27)28)31(29,30)24-11-7-6-8-12-24/h9-10,13-15,22H,6-8,11-12H2,1-5H3. The fourth-order valence-electron chi connectivity index (χ4n) is 3.75. The van der Waals surface area contributed by atoms with Gasteiger partial charge in [0, 0.05) is 30.9 Å². The normalized spacial score (nSPS) is 16.8. The zero-order valence-corrected chi connectivity index (χ0v) is 19.6. The average molecular weight is 450 g/mol. The summed E-state index contributed by atoms with van der Waals surface area (Å²) in [5.74, 6) is 0. The van der Waals surface area contributed by atoms with Crippen LogP contribution in [0.25, 0.3) is 0 Å². The third-order valence-corrected chi connectivity index (χ3v) is 7.48. The van der Waals surface area contributed by atoms with Gasteiger partial charge >= 0.3 is 0 Å². The SMILES string of the molecule is Cc1nn(C(C)(C)C)cc1C(C)Nc1ccc(S(=O)(=O)N2CCCCC2)cc1[N+](=O)[O-]. The number of aromatic nitrogens is 2. The van der Waals surface area contributed by atoms with Crippen LogP contribution in [0.2, 0.25) is 0 Å². The molecule has 1 aromatic carbocycles. The molecule has 0 aliphatic carbocycles. The smallest absolute Gasteiger partial charge is 0.293 e. The summed E-state index contributed by atoms with van der Waals surface area (Å²) in [7, 11) is -3.75. The highest BCUT2D eigenvalue weighted by molar-refractivity contribution is 7.89. The van der Waals surface area contributed by atoms with E-state index in [-0.39, 0.29) is 27.9 Å². The number of anilines is 1. The predicted molar refractivity (Wildman–Crippen MR) is 120 cm³/mol. The maximum atomic E-state index is 12.9. The molecule has 1 atom stereocenters. The summed E-state index contributed by atoms with van der Waals surface area (Å²) in [5, 5.41) is 19.5. The quantitative estimate of drug-likeness (QED) is 0.523. The molecule has 1 saturated heterocycles. The van der Waals surface area contributed by atoms with Gasteiger partial charge in [0.15, 0.2) is 0 Å². The van der Waals surface area contributed by atoms with Gasteiger partial charge < -0.3 is 5.32 Å². The lowest BCUT2D eigenvalue weighted by molar-refractivity contribution is -0.384. The fourth-order valence-corrected chi connectivity index (χ4v) is 5.29. The molecular weight excluding hydrogens is 418 g/mol. The van der Waals surface area contributed by atoms with Crippen molar-refractivity contribution in [1.82, 2.24) is 14.1 Å². The van der Waals surface area contributed by atoms with Crippen LogP contribution in [0.1, 0.15) is 64.3 Å². The van der Waals surface area contributed by atoms with Crippen molar-refractivity contribution in [3.8, 4) is 0 Å². The van der Waals surface area contributed by atoms with Crippen LogP contribution in [0, 0.1) is 17.0 Å². The zero-order valence-electron chi connectivity index (χ0n) is 18.8. The number of nitrogens with zero attached hydrogens (tertiary/aromatic N) is 4. The van der Waals surface area contributed by atoms with Crippen LogP contribution in [-0.4, -0.2) is 40.5 Å². The van der Waals surface area contributed by atoms with Crippen LogP contribution < -0.4 is 5.32 Å². The Kier molecular flexibility index (Phi) is 6.43. The van der Waals surface area contributed by atoms with Crippen LogP contribution in [0.5, 0.6) is 0 Å². The first-order valence-corrected chi connectivity index (χ1v) is 12.0. The van der Waals surface area contributed by atoms with Crippen molar-refractivity contribution in [1.29, 1.82) is 0 Å². The van der Waals surface area contributed by atoms with Gasteiger partial charge in [0.25, 0.3) is 5.69 Å². The first-order valence-electron chi connectivity index (χ1n) is 10.5. The summed E-state index contributed by atoms with van der Waals surface area (Å²) in [6, 6.07) is 3.83. The van der Waals surface area contributed by atoms with Crippen LogP contribution in [0.4, 0.5) is 11.4 Å². The number of rotatable bonds is 6. The molecule has 1 aliphatic heterocycles. The molecule has 3 rings (SSSR count). The summed E-state index contributed by atoms with van der Waals surface area (Å²) in [6.07, 6.45) is 4.55. The summed E-state index contributed by atoms with van der Waals surface area (Å²) in [4.78, 5) is 11.1. The molecule has 0 saturated carbocycles. The Hall–Kier alpha value is -2.46. The maximum Gasteiger partial charge on any atom is 0.293 e. The Labute approximate surface area is 183 Å². The number of hydrogen-bond acceptors (Lipinski definition) is 6. The lowest BCUT2D eigenvalue weighted by Crippen LogP contribution is -2.35. The third kappa shape index (κ3) is 4.90. The van der Waals surface area contributed by atoms with Gasteiger partial charge in [-0.3, -0.25) is 14.8 Å². The molecule has 1 unspecified atom stereocenters. The Morgan fingerprint density at radius 1 is 1.19 bits per heavy atom. The number of sulfonamides is 1. The first-order chi connectivity index (χ1) is 14.4. The minimum Gasteiger partial charge on any atom is -0.373 e. The number of piperidine rings is 1. The maximum absolute atomic E-state index is 12.9. The van der Waals surface area contributed by atoms with Gasteiger partial charge in [-0.25, -0.2) is 8.42 Å². The van der Waals surface area contributed by atoms with E-state index in [9.17, 15) is 18.5 Å². The highest BCUT2D eigenvalue weighted by atomic mass is 32.2. The van der Waals surface area contributed by atoms with Crippen LogP contribution >= 0.6 is 0 Å². The van der Waals surface area contributed by atoms with Crippen LogP contribution in [0.15, 0.2) is 29.3 Å². The van der Waals surface area contributed by atoms with E-state index < -0.39 is 14.9 Å². The van der Waals surface area contributed by atoms with E-state index in [4.69, 9.17) is 0 Å². The Morgan fingerprint density at radius 3 is 2.39 bits per heavy atom. The highest BCUT2D eigenvalue weighted by Crippen LogP contribution is 2.33. The molecule has 1 N–H and O–H groups in total. The fraction of sp³-hybridized carbons (Fsp3) is 0.571. The zero-order chi connectivity index (χ0) is 23.0. The number of nitro benzene ring substituents is 1. The van der Waals surface area contributed by atoms with E-state index in [1.807, 2.05) is 45.5 Å². The third-order valence-electron chi connectivity index (χ3n) is 5.58. The molecule has 0 spiro atoms. The summed E-state index contributed by atoms with van der Waals surface area (Å²) < 4.78 is 29.1. The highest BCUT2D eigenvalue weighted by Gasteiger charge is 2.29. The van der Waals surface area contributed by atoms with Crippen molar-refractivity contribution in [3.05, 3.63) is 45.8 Å². The van der Waals surface area contributed by atoms with E-state index >= 15 is 0 Å². The van der Waals surface area contributed by atoms with Gasteiger partial charge in [0.1, 0.15) is 5.69 Å². The van der Waals surface area contributed by atoms with Crippen molar-refractivity contribution in [2.24, 2.45) is 0 Å². The monoisotopic (exact) mass is 449 g/mol. The van der Waals surface area contributed by atoms with Crippen molar-refractivity contribution in [2.75, 3.05) is 18.4 Å². The lowest BCUT2D eigenvalue weighted by atomic mass is 10.1. The van der Waals surface area contributed by atoms with E-state index in [1.165, 1.54) is 16.4 Å². The molecule has 0 bridgehead atoms. The van der Waals surface area contributed by atoms with Gasteiger partial charge in [0.05, 0.1) is 27.1 Å². The summed E-state index contributed by atoms with van der Waals surface area (Å²) >= 11 is 0. The van der Waals surface area contributed by atoms with Gasteiger partial charge in [0.2, 0.25) is 10.0 Å². The van der Waals surface area contributed by atoms with Crippen molar-refractivity contribution >= 4 is 21.4 Å². The summed E-state index contributed by atoms with van der Waals surface area (Å²) in [5.41, 5.74) is 1.60. The number of nitro groups is 1. The Morgan fingerprint density at radius 2 is 1.84 bits per heavy atom. The lowest BCUT2D eigenvalue weighted by Gasteiger charge is -2.26. The van der Waals surface area contributed by atoms with E-state index in [2.05, 4.69) is 10.4 Å². The second-order valence-corrected chi connectivity index (χ2v) is 11.0. The topological polar surface area (TPSA) is 110 Å². The van der Waals surface area contributed by atoms with Crippen molar-refractivity contribution in [3.63, 3.8) is 0 Å². The second kappa shape index (κ2) is 8.58. The van der Waals surface area contributed by atoms with Crippen LogP contribution in [0.3, 0.4) is 0 Å². The molecule has 10 heteroatoms. The van der Waals surface area contributed by atoms with Gasteiger partial charge in [-0.2, -0.15) is 9.40 Å². The van der Waals surface area contributed by atoms with E-state index in [0.717, 1.165) is 36.6 Å². The molecule has 0 radical (unpaired) electrons. The molecule has 2 aromatic rings. The Bertz CT molecular complexity index is 1070. The molecule has 1 fully saturated rings. The number of benzene rings is 1. The first kappa shape index (κ1) is 23.2. The molecule has 0 amide bonds. The largest absolute Gasteiger partial charge is 0.373 e. The van der Waals surface area contributed by atoms with Crippen LogP contribution in [-0.2, 0) is 15.6 Å². The Balaban J connectivity index is 1.90. The summed E-state index contributed by atoms with van der Waals surface area (Å²) in [6.45, 7) is 10.8. The molecule has 1 aromatic heterocycles. The second-order valence-electron chi connectivity index (χ2n) is 9.05. The number of nitrogens with one attached hydrogen (secondary N) is 1. The molecule has 170 valence electrons. The van der Waals surface area contributed by atoms with Gasteiger partial charge in [-0.05, 0) is 59.6 Å². The molecule has 1 aliphatic rings. The van der Waals surface area contributed by atoms with Gasteiger partial charge in [-0.15, -0.1) is 0 Å². The minimum atomic E-state index is -3.75. The van der Waals surface area contributed by atoms with E-state index in [1.54, 1.807) is 0 Å². The molecule has 9 nitrogen and oxygen atoms in total. The number of aryl methyl sites for hydroxylation is 1. The molecular formula is C21H31N5O4S. The minimum absolute atomic E-state index is 0.0453. The van der Waals surface area contributed by atoms with Crippen molar-refractivity contribution < 1.29 is 13.3 Å². The predicted octanol–water partition coefficient (Wildman–Crippen LogP) is 4.20. The number of hydrogen-bond donors (Lipinski definition) is 1. The average Bonchev–Trinajstić information content (AvgIpc) is 3.11.